The van der Waals surface area contributed by atoms with Crippen LogP contribution in [0.2, 0.25) is 0 Å². The highest BCUT2D eigenvalue weighted by molar-refractivity contribution is 5.71. The third kappa shape index (κ3) is 2.11. The summed E-state index contributed by atoms with van der Waals surface area (Å²) in [4.78, 5) is 13.6. The van der Waals surface area contributed by atoms with Crippen molar-refractivity contribution in [1.29, 1.82) is 0 Å². The fourth-order valence-corrected chi connectivity index (χ4v) is 0.729. The van der Waals surface area contributed by atoms with Gasteiger partial charge in [-0.2, -0.15) is 0 Å². The molecule has 0 radical (unpaired) electrons. The molecule has 0 saturated heterocycles. The van der Waals surface area contributed by atoms with Gasteiger partial charge in [0.25, 0.3) is 0 Å². The molecule has 1 N–H and O–H groups in total. The summed E-state index contributed by atoms with van der Waals surface area (Å²) < 4.78 is 4.89. The summed E-state index contributed by atoms with van der Waals surface area (Å²) in [5.74, 6) is 0.307. The van der Waals surface area contributed by atoms with Crippen LogP contribution in [-0.4, -0.2) is 11.0 Å². The number of esters is 1. The van der Waals surface area contributed by atoms with Gasteiger partial charge in [-0.1, -0.05) is 6.92 Å². The van der Waals surface area contributed by atoms with E-state index in [0.29, 0.717) is 12.3 Å². The Kier molecular flexibility index (Phi) is 2.31. The maximum absolute atomic E-state index is 10.7. The molecule has 3 nitrogen and oxygen atoms in total. The molecular formula is C8H11NO2. The van der Waals surface area contributed by atoms with Crippen molar-refractivity contribution < 1.29 is 9.53 Å². The molecule has 0 amide bonds. The van der Waals surface area contributed by atoms with E-state index in [0.717, 1.165) is 5.56 Å². The van der Waals surface area contributed by atoms with E-state index in [2.05, 4.69) is 4.98 Å². The highest BCUT2D eigenvalue weighted by Crippen LogP contribution is 2.09. The maximum atomic E-state index is 10.7. The number of ether oxygens (including phenoxy) is 1. The molecule has 1 rings (SSSR count). The van der Waals surface area contributed by atoms with Gasteiger partial charge in [-0.3, -0.25) is 4.79 Å². The molecule has 0 aliphatic rings. The monoisotopic (exact) mass is 153 g/mol. The lowest BCUT2D eigenvalue weighted by Gasteiger charge is -1.96. The quantitative estimate of drug-likeness (QED) is 0.656. The van der Waals surface area contributed by atoms with Gasteiger partial charge >= 0.3 is 5.97 Å². The number of H-pyrrole nitrogens is 1. The fraction of sp³-hybridized carbons (Fsp3) is 0.375. The van der Waals surface area contributed by atoms with Gasteiger partial charge in [-0.05, 0) is 12.5 Å². The molecule has 0 unspecified atom stereocenters. The first kappa shape index (κ1) is 7.85. The Morgan fingerprint density at radius 2 is 2.45 bits per heavy atom. The SMILES string of the molecule is CCC(=O)Oc1cc(C)c[nH]1. The second-order valence-corrected chi connectivity index (χ2v) is 2.37. The average molecular weight is 153 g/mol. The summed E-state index contributed by atoms with van der Waals surface area (Å²) >= 11 is 0. The number of aromatic amines is 1. The van der Waals surface area contributed by atoms with E-state index >= 15 is 0 Å². The standard InChI is InChI=1S/C8H11NO2/c1-3-8(10)11-7-4-6(2)5-9-7/h4-5,9H,3H2,1-2H3. The Morgan fingerprint density at radius 3 is 2.91 bits per heavy atom. The van der Waals surface area contributed by atoms with Gasteiger partial charge in [-0.25, -0.2) is 0 Å². The number of aryl methyl sites for hydroxylation is 1. The molecule has 0 bridgehead atoms. The van der Waals surface area contributed by atoms with Gasteiger partial charge in [0.05, 0.1) is 0 Å². The first-order valence-corrected chi connectivity index (χ1v) is 3.58. The second-order valence-electron chi connectivity index (χ2n) is 2.37. The van der Waals surface area contributed by atoms with Gasteiger partial charge in [0, 0.05) is 18.7 Å². The molecule has 60 valence electrons. The lowest BCUT2D eigenvalue weighted by molar-refractivity contribution is -0.134. The van der Waals surface area contributed by atoms with Crippen molar-refractivity contribution in [3.63, 3.8) is 0 Å². The summed E-state index contributed by atoms with van der Waals surface area (Å²) in [5, 5.41) is 0. The zero-order chi connectivity index (χ0) is 8.27. The minimum Gasteiger partial charge on any atom is -0.410 e. The lowest BCUT2D eigenvalue weighted by atomic mass is 10.4. The Labute approximate surface area is 65.4 Å². The molecule has 11 heavy (non-hydrogen) atoms. The minimum atomic E-state index is -0.216. The van der Waals surface area contributed by atoms with Crippen molar-refractivity contribution in [2.24, 2.45) is 0 Å². The van der Waals surface area contributed by atoms with Crippen molar-refractivity contribution in [1.82, 2.24) is 4.98 Å². The van der Waals surface area contributed by atoms with Crippen LogP contribution in [0.1, 0.15) is 18.9 Å². The summed E-state index contributed by atoms with van der Waals surface area (Å²) in [6.07, 6.45) is 2.19. The van der Waals surface area contributed by atoms with E-state index in [1.807, 2.05) is 6.92 Å². The number of aromatic nitrogens is 1. The highest BCUT2D eigenvalue weighted by atomic mass is 16.5. The van der Waals surface area contributed by atoms with E-state index in [-0.39, 0.29) is 5.97 Å². The zero-order valence-corrected chi connectivity index (χ0v) is 6.68. The molecule has 0 atom stereocenters. The smallest absolute Gasteiger partial charge is 0.312 e. The third-order valence-corrected chi connectivity index (χ3v) is 1.31. The van der Waals surface area contributed by atoms with Gasteiger partial charge in [0.1, 0.15) is 0 Å². The van der Waals surface area contributed by atoms with Gasteiger partial charge in [-0.15, -0.1) is 0 Å². The Hall–Kier alpha value is -1.25. The van der Waals surface area contributed by atoms with Gasteiger partial charge in [0.15, 0.2) is 0 Å². The van der Waals surface area contributed by atoms with Crippen molar-refractivity contribution >= 4 is 5.97 Å². The lowest BCUT2D eigenvalue weighted by Crippen LogP contribution is -2.05. The molecule has 0 aromatic carbocycles. The molecule has 0 aliphatic heterocycles. The predicted molar refractivity (Wildman–Crippen MR) is 41.5 cm³/mol. The number of carbonyl (C=O) groups is 1. The van der Waals surface area contributed by atoms with Crippen molar-refractivity contribution in [2.75, 3.05) is 0 Å². The van der Waals surface area contributed by atoms with Crippen LogP contribution in [0, 0.1) is 6.92 Å². The zero-order valence-electron chi connectivity index (χ0n) is 6.68. The maximum Gasteiger partial charge on any atom is 0.312 e. The summed E-state index contributed by atoms with van der Waals surface area (Å²) in [7, 11) is 0. The number of rotatable bonds is 2. The highest BCUT2D eigenvalue weighted by Gasteiger charge is 2.01. The largest absolute Gasteiger partial charge is 0.410 e. The Bertz CT molecular complexity index is 252. The van der Waals surface area contributed by atoms with Crippen LogP contribution in [0.5, 0.6) is 5.88 Å². The van der Waals surface area contributed by atoms with Crippen molar-refractivity contribution in [2.45, 2.75) is 20.3 Å². The van der Waals surface area contributed by atoms with Crippen LogP contribution < -0.4 is 4.74 Å². The van der Waals surface area contributed by atoms with E-state index < -0.39 is 0 Å². The number of carbonyl (C=O) groups excluding carboxylic acids is 1. The Morgan fingerprint density at radius 1 is 1.73 bits per heavy atom. The molecule has 1 aromatic heterocycles. The predicted octanol–water partition coefficient (Wildman–Crippen LogP) is 1.64. The third-order valence-electron chi connectivity index (χ3n) is 1.31. The van der Waals surface area contributed by atoms with Crippen LogP contribution in [-0.2, 0) is 4.79 Å². The van der Waals surface area contributed by atoms with Crippen LogP contribution in [0.3, 0.4) is 0 Å². The fourth-order valence-electron chi connectivity index (χ4n) is 0.729. The molecule has 0 fully saturated rings. The number of nitrogens with one attached hydrogen (secondary N) is 1. The van der Waals surface area contributed by atoms with E-state index in [1.165, 1.54) is 0 Å². The molecule has 3 heteroatoms. The first-order chi connectivity index (χ1) is 5.22. The minimum absolute atomic E-state index is 0.216. The molecule has 1 aromatic rings. The van der Waals surface area contributed by atoms with Crippen LogP contribution in [0.4, 0.5) is 0 Å². The molecular weight excluding hydrogens is 142 g/mol. The van der Waals surface area contributed by atoms with E-state index in [9.17, 15) is 4.79 Å². The number of hydrogen-bond acceptors (Lipinski definition) is 2. The van der Waals surface area contributed by atoms with Crippen molar-refractivity contribution in [3.05, 3.63) is 17.8 Å². The van der Waals surface area contributed by atoms with Crippen LogP contribution in [0.15, 0.2) is 12.3 Å². The second kappa shape index (κ2) is 3.23. The molecule has 0 saturated carbocycles. The van der Waals surface area contributed by atoms with E-state index in [4.69, 9.17) is 4.74 Å². The number of hydrogen-bond donors (Lipinski definition) is 1. The van der Waals surface area contributed by atoms with E-state index in [1.54, 1.807) is 19.2 Å². The molecule has 0 aliphatic carbocycles. The molecule has 1 heterocycles. The summed E-state index contributed by atoms with van der Waals surface area (Å²) in [5.41, 5.74) is 1.06. The van der Waals surface area contributed by atoms with Gasteiger partial charge in [0.2, 0.25) is 5.88 Å². The summed E-state index contributed by atoms with van der Waals surface area (Å²) in [6.45, 7) is 3.69. The summed E-state index contributed by atoms with van der Waals surface area (Å²) in [6, 6.07) is 1.79. The Balaban J connectivity index is 2.57. The van der Waals surface area contributed by atoms with Crippen molar-refractivity contribution in [3.8, 4) is 5.88 Å². The normalized spacial score (nSPS) is 9.64. The van der Waals surface area contributed by atoms with Crippen LogP contribution >= 0.6 is 0 Å². The topological polar surface area (TPSA) is 42.1 Å². The first-order valence-electron chi connectivity index (χ1n) is 3.58. The molecule has 0 spiro atoms. The van der Waals surface area contributed by atoms with Gasteiger partial charge < -0.3 is 9.72 Å². The van der Waals surface area contributed by atoms with Crippen LogP contribution in [0.25, 0.3) is 0 Å². The average Bonchev–Trinajstić information content (AvgIpc) is 2.35.